The molecule has 0 fully saturated rings. The topological polar surface area (TPSA) is 82.5 Å². The van der Waals surface area contributed by atoms with Gasteiger partial charge in [-0.25, -0.2) is 4.79 Å². The first-order valence-corrected chi connectivity index (χ1v) is 7.64. The lowest BCUT2D eigenvalue weighted by molar-refractivity contribution is -0.147. The zero-order chi connectivity index (χ0) is 17.1. The van der Waals surface area contributed by atoms with E-state index in [4.69, 9.17) is 45.4 Å². The van der Waals surface area contributed by atoms with Crippen molar-refractivity contribution in [1.82, 2.24) is 9.78 Å². The highest BCUT2D eigenvalue weighted by molar-refractivity contribution is 6.36. The smallest absolute Gasteiger partial charge is 0.359 e. The lowest BCUT2D eigenvalue weighted by Crippen LogP contribution is -2.21. The van der Waals surface area contributed by atoms with Crippen LogP contribution in [0.3, 0.4) is 0 Å². The van der Waals surface area contributed by atoms with Gasteiger partial charge in [0, 0.05) is 16.8 Å². The summed E-state index contributed by atoms with van der Waals surface area (Å²) in [6.45, 7) is 3.33. The summed E-state index contributed by atoms with van der Waals surface area (Å²) in [4.78, 5) is 16.8. The Bertz CT molecular complexity index is 754. The summed E-state index contributed by atoms with van der Waals surface area (Å²) in [7, 11) is 0. The molecule has 1 aromatic carbocycles. The van der Waals surface area contributed by atoms with Gasteiger partial charge in [-0.15, -0.1) is 0 Å². The molecule has 0 saturated heterocycles. The molecule has 0 aliphatic heterocycles. The summed E-state index contributed by atoms with van der Waals surface area (Å²) >= 11 is 17.7. The Kier molecular flexibility index (Phi) is 5.51. The Labute approximate surface area is 147 Å². The molecule has 23 heavy (non-hydrogen) atoms. The second kappa shape index (κ2) is 7.21. The molecule has 0 aliphatic rings. The third kappa shape index (κ3) is 4.16. The van der Waals surface area contributed by atoms with Crippen LogP contribution in [0, 0.1) is 6.92 Å². The molecule has 0 radical (unpaired) electrons. The van der Waals surface area contributed by atoms with Crippen LogP contribution in [0.5, 0.6) is 0 Å². The quantitative estimate of drug-likeness (QED) is 0.383. The largest absolute Gasteiger partial charge is 0.380 e. The van der Waals surface area contributed by atoms with Crippen LogP contribution in [0.4, 0.5) is 0 Å². The molecule has 6 nitrogen and oxygen atoms in total. The molecule has 1 heterocycles. The van der Waals surface area contributed by atoms with Gasteiger partial charge < -0.3 is 10.6 Å². The minimum absolute atomic E-state index is 0.0399. The molecule has 2 N–H and O–H groups in total. The molecular weight excluding hydrogens is 363 g/mol. The van der Waals surface area contributed by atoms with Gasteiger partial charge in [-0.3, -0.25) is 4.68 Å². The average Bonchev–Trinajstić information content (AvgIpc) is 2.83. The van der Waals surface area contributed by atoms with Gasteiger partial charge in [0.05, 0.1) is 15.7 Å². The average molecular weight is 376 g/mol. The third-order valence-corrected chi connectivity index (χ3v) is 3.95. The van der Waals surface area contributed by atoms with E-state index in [-0.39, 0.29) is 5.84 Å². The van der Waals surface area contributed by atoms with E-state index in [0.29, 0.717) is 26.3 Å². The molecule has 0 aliphatic carbocycles. The number of hydrogen-bond acceptors (Lipinski definition) is 4. The van der Waals surface area contributed by atoms with Crippen molar-refractivity contribution in [3.63, 3.8) is 0 Å². The molecule has 0 saturated carbocycles. The van der Waals surface area contributed by atoms with Gasteiger partial charge in [0.25, 0.3) is 0 Å². The molecule has 0 amide bonds. The number of carbonyl (C=O) groups is 1. The number of rotatable bonds is 4. The first-order chi connectivity index (χ1) is 10.8. The van der Waals surface area contributed by atoms with Crippen molar-refractivity contribution in [2.24, 2.45) is 10.9 Å². The number of nitrogens with zero attached hydrogens (tertiary/aromatic N) is 3. The van der Waals surface area contributed by atoms with Crippen LogP contribution in [0.15, 0.2) is 29.6 Å². The van der Waals surface area contributed by atoms with E-state index in [9.17, 15) is 4.79 Å². The van der Waals surface area contributed by atoms with Gasteiger partial charge in [0.15, 0.2) is 5.84 Å². The van der Waals surface area contributed by atoms with Crippen LogP contribution in [0.25, 0.3) is 0 Å². The van der Waals surface area contributed by atoms with Crippen molar-refractivity contribution in [3.8, 4) is 0 Å². The monoisotopic (exact) mass is 374 g/mol. The lowest BCUT2D eigenvalue weighted by Gasteiger charge is -2.09. The number of nitrogens with two attached hydrogens (primary N) is 1. The number of aryl methyl sites for hydroxylation is 1. The van der Waals surface area contributed by atoms with Crippen molar-refractivity contribution < 1.29 is 9.63 Å². The second-order valence-electron chi connectivity index (χ2n) is 4.73. The van der Waals surface area contributed by atoms with Crippen molar-refractivity contribution in [2.45, 2.75) is 19.9 Å². The van der Waals surface area contributed by atoms with Gasteiger partial charge in [0.2, 0.25) is 0 Å². The first-order valence-electron chi connectivity index (χ1n) is 6.50. The van der Waals surface area contributed by atoms with Crippen LogP contribution in [-0.4, -0.2) is 21.6 Å². The van der Waals surface area contributed by atoms with Crippen molar-refractivity contribution in [3.05, 3.63) is 50.7 Å². The first kappa shape index (κ1) is 17.6. The van der Waals surface area contributed by atoms with E-state index in [0.717, 1.165) is 0 Å². The molecular formula is C14H13Cl3N4O2. The molecule has 0 spiro atoms. The summed E-state index contributed by atoms with van der Waals surface area (Å²) in [6.07, 6.45) is 1.53. The number of amidine groups is 1. The molecule has 9 heteroatoms. The Hall–Kier alpha value is -1.76. The number of oxime groups is 1. The molecule has 2 aromatic rings. The maximum Gasteiger partial charge on any atom is 0.359 e. The highest BCUT2D eigenvalue weighted by Gasteiger charge is 2.19. The van der Waals surface area contributed by atoms with Crippen LogP contribution in [0.2, 0.25) is 15.1 Å². The van der Waals surface area contributed by atoms with Gasteiger partial charge in [0.1, 0.15) is 6.04 Å². The van der Waals surface area contributed by atoms with Gasteiger partial charge in [-0.05, 0) is 32.0 Å². The summed E-state index contributed by atoms with van der Waals surface area (Å²) in [6, 6.07) is 3.99. The minimum atomic E-state index is -0.710. The van der Waals surface area contributed by atoms with E-state index in [1.54, 1.807) is 26.0 Å². The summed E-state index contributed by atoms with van der Waals surface area (Å²) in [5.74, 6) is -0.681. The summed E-state index contributed by atoms with van der Waals surface area (Å²) in [5, 5.41) is 8.94. The minimum Gasteiger partial charge on any atom is -0.380 e. The number of benzene rings is 1. The van der Waals surface area contributed by atoms with Crippen LogP contribution >= 0.6 is 34.8 Å². The van der Waals surface area contributed by atoms with E-state index in [2.05, 4.69) is 10.3 Å². The van der Waals surface area contributed by atoms with Crippen LogP contribution in [-0.2, 0) is 9.63 Å². The maximum atomic E-state index is 12.0. The third-order valence-electron chi connectivity index (χ3n) is 3.04. The maximum absolute atomic E-state index is 12.0. The lowest BCUT2D eigenvalue weighted by atomic mass is 10.2. The molecule has 0 bridgehead atoms. The Morgan fingerprint density at radius 3 is 2.61 bits per heavy atom. The van der Waals surface area contributed by atoms with Crippen molar-refractivity contribution >= 4 is 46.6 Å². The molecule has 1 atom stereocenters. The van der Waals surface area contributed by atoms with Crippen molar-refractivity contribution in [1.29, 1.82) is 0 Å². The number of carbonyl (C=O) groups excluding carboxylic acids is 1. The van der Waals surface area contributed by atoms with Crippen molar-refractivity contribution in [2.75, 3.05) is 0 Å². The highest BCUT2D eigenvalue weighted by Crippen LogP contribution is 2.21. The Morgan fingerprint density at radius 2 is 2.04 bits per heavy atom. The SMILES string of the molecule is Cc1nn(C(C)C(=O)O/N=C(\N)c2ccc(Cl)cc2Cl)cc1Cl. The summed E-state index contributed by atoms with van der Waals surface area (Å²) in [5.41, 5.74) is 6.79. The van der Waals surface area contributed by atoms with Gasteiger partial charge >= 0.3 is 5.97 Å². The van der Waals surface area contributed by atoms with E-state index in [1.807, 2.05) is 0 Å². The number of aromatic nitrogens is 2. The predicted octanol–water partition coefficient (Wildman–Crippen LogP) is 3.58. The highest BCUT2D eigenvalue weighted by atomic mass is 35.5. The normalized spacial score (nSPS) is 13.0. The van der Waals surface area contributed by atoms with Crippen LogP contribution < -0.4 is 5.73 Å². The molecule has 1 aromatic heterocycles. The number of hydrogen-bond donors (Lipinski definition) is 1. The Balaban J connectivity index is 2.10. The molecule has 1 unspecified atom stereocenters. The number of halogens is 3. The van der Waals surface area contributed by atoms with Gasteiger partial charge in [-0.1, -0.05) is 40.0 Å². The fraction of sp³-hybridized carbons (Fsp3) is 0.214. The van der Waals surface area contributed by atoms with E-state index >= 15 is 0 Å². The fourth-order valence-electron chi connectivity index (χ4n) is 1.68. The predicted molar refractivity (Wildman–Crippen MR) is 90.0 cm³/mol. The molecule has 2 rings (SSSR count). The van der Waals surface area contributed by atoms with Gasteiger partial charge in [-0.2, -0.15) is 5.10 Å². The van der Waals surface area contributed by atoms with Crippen LogP contribution in [0.1, 0.15) is 24.2 Å². The molecule has 122 valence electrons. The standard InChI is InChI=1S/C14H13Cl3N4O2/c1-7-12(17)6-21(19-7)8(2)14(22)23-20-13(18)10-4-3-9(15)5-11(10)16/h3-6,8H,1-2H3,(H2,18,20). The fourth-order valence-corrected chi connectivity index (χ4v) is 2.33. The van der Waals surface area contributed by atoms with E-state index in [1.165, 1.54) is 16.9 Å². The Morgan fingerprint density at radius 1 is 1.35 bits per heavy atom. The van der Waals surface area contributed by atoms with E-state index < -0.39 is 12.0 Å². The summed E-state index contributed by atoms with van der Waals surface area (Å²) < 4.78 is 1.39. The zero-order valence-electron chi connectivity index (χ0n) is 12.3. The second-order valence-corrected chi connectivity index (χ2v) is 5.98. The zero-order valence-corrected chi connectivity index (χ0v) is 14.5.